The standard InChI is InChI=1S/C15H18BrFN2O/c16-9-4-7-11(12(17)8-9)15-13(18)2-1-3-14(20)19(15)10-5-6-10/h4,7-8,10,13,15H,1-3,5-6,18H2. The Labute approximate surface area is 126 Å². The van der Waals surface area contributed by atoms with Gasteiger partial charge in [0.1, 0.15) is 5.82 Å². The highest BCUT2D eigenvalue weighted by Crippen LogP contribution is 2.40. The van der Waals surface area contributed by atoms with Gasteiger partial charge in [0, 0.05) is 28.5 Å². The van der Waals surface area contributed by atoms with E-state index >= 15 is 0 Å². The van der Waals surface area contributed by atoms with E-state index in [-0.39, 0.29) is 29.8 Å². The Bertz CT molecular complexity index is 533. The van der Waals surface area contributed by atoms with E-state index in [1.165, 1.54) is 6.07 Å². The molecule has 1 aromatic rings. The number of nitrogens with zero attached hydrogens (tertiary/aromatic N) is 1. The molecule has 0 spiro atoms. The lowest BCUT2D eigenvalue weighted by atomic mass is 9.95. The monoisotopic (exact) mass is 340 g/mol. The lowest BCUT2D eigenvalue weighted by molar-refractivity contribution is -0.134. The molecule has 2 unspecified atom stereocenters. The highest BCUT2D eigenvalue weighted by atomic mass is 79.9. The molecule has 1 aromatic carbocycles. The number of benzene rings is 1. The summed E-state index contributed by atoms with van der Waals surface area (Å²) >= 11 is 3.27. The molecule has 1 aliphatic heterocycles. The van der Waals surface area contributed by atoms with E-state index in [0.717, 1.165) is 25.7 Å². The third-order valence-electron chi connectivity index (χ3n) is 4.14. The first-order chi connectivity index (χ1) is 9.58. The molecule has 5 heteroatoms. The fourth-order valence-electron chi connectivity index (χ4n) is 3.04. The molecule has 3 rings (SSSR count). The van der Waals surface area contributed by atoms with Crippen LogP contribution in [0.5, 0.6) is 0 Å². The molecular formula is C15H18BrFN2O. The van der Waals surface area contributed by atoms with Gasteiger partial charge in [-0.2, -0.15) is 0 Å². The van der Waals surface area contributed by atoms with E-state index < -0.39 is 0 Å². The smallest absolute Gasteiger partial charge is 0.223 e. The van der Waals surface area contributed by atoms with Gasteiger partial charge in [0.05, 0.1) is 6.04 Å². The molecule has 1 aliphatic carbocycles. The van der Waals surface area contributed by atoms with Crippen molar-refractivity contribution < 1.29 is 9.18 Å². The van der Waals surface area contributed by atoms with Gasteiger partial charge >= 0.3 is 0 Å². The van der Waals surface area contributed by atoms with Gasteiger partial charge in [0.25, 0.3) is 0 Å². The number of carbonyl (C=O) groups is 1. The zero-order valence-corrected chi connectivity index (χ0v) is 12.8. The Hall–Kier alpha value is -0.940. The first-order valence-electron chi connectivity index (χ1n) is 7.09. The van der Waals surface area contributed by atoms with Gasteiger partial charge in [-0.3, -0.25) is 4.79 Å². The summed E-state index contributed by atoms with van der Waals surface area (Å²) in [4.78, 5) is 14.2. The van der Waals surface area contributed by atoms with Crippen LogP contribution in [0.15, 0.2) is 22.7 Å². The van der Waals surface area contributed by atoms with E-state index in [0.29, 0.717) is 16.5 Å². The molecule has 2 N–H and O–H groups in total. The molecule has 2 atom stereocenters. The number of halogens is 2. The van der Waals surface area contributed by atoms with Crippen molar-refractivity contribution in [2.45, 2.75) is 50.2 Å². The fraction of sp³-hybridized carbons (Fsp3) is 0.533. The Kier molecular flexibility index (Phi) is 3.82. The number of hydrogen-bond acceptors (Lipinski definition) is 2. The number of nitrogens with two attached hydrogens (primary N) is 1. The predicted molar refractivity (Wildman–Crippen MR) is 78.5 cm³/mol. The van der Waals surface area contributed by atoms with Gasteiger partial charge in [0.2, 0.25) is 5.91 Å². The third kappa shape index (κ3) is 2.61. The Balaban J connectivity index is 2.02. The minimum absolute atomic E-state index is 0.118. The van der Waals surface area contributed by atoms with Gasteiger partial charge in [-0.1, -0.05) is 22.0 Å². The van der Waals surface area contributed by atoms with Crippen molar-refractivity contribution in [3.8, 4) is 0 Å². The van der Waals surface area contributed by atoms with Crippen molar-refractivity contribution in [3.05, 3.63) is 34.1 Å². The van der Waals surface area contributed by atoms with E-state index in [9.17, 15) is 9.18 Å². The molecule has 1 heterocycles. The van der Waals surface area contributed by atoms with Crippen LogP contribution >= 0.6 is 15.9 Å². The van der Waals surface area contributed by atoms with Crippen LogP contribution in [0.1, 0.15) is 43.7 Å². The van der Waals surface area contributed by atoms with Crippen LogP contribution in [-0.4, -0.2) is 22.9 Å². The largest absolute Gasteiger partial charge is 0.331 e. The number of amides is 1. The van der Waals surface area contributed by atoms with Crippen LogP contribution in [0.4, 0.5) is 4.39 Å². The minimum atomic E-state index is -0.328. The van der Waals surface area contributed by atoms with Crippen molar-refractivity contribution in [3.63, 3.8) is 0 Å². The van der Waals surface area contributed by atoms with Crippen LogP contribution in [0.25, 0.3) is 0 Å². The van der Waals surface area contributed by atoms with Crippen molar-refractivity contribution in [2.24, 2.45) is 5.73 Å². The molecular weight excluding hydrogens is 323 g/mol. The molecule has 1 saturated heterocycles. The molecule has 0 radical (unpaired) electrons. The van der Waals surface area contributed by atoms with Crippen molar-refractivity contribution in [1.29, 1.82) is 0 Å². The van der Waals surface area contributed by atoms with Crippen molar-refractivity contribution >= 4 is 21.8 Å². The van der Waals surface area contributed by atoms with Crippen LogP contribution < -0.4 is 5.73 Å². The second kappa shape index (κ2) is 5.45. The zero-order valence-electron chi connectivity index (χ0n) is 11.2. The van der Waals surface area contributed by atoms with Gasteiger partial charge in [0.15, 0.2) is 0 Å². The van der Waals surface area contributed by atoms with Crippen LogP contribution in [0.2, 0.25) is 0 Å². The highest BCUT2D eigenvalue weighted by Gasteiger charge is 2.42. The molecule has 1 amide bonds. The summed E-state index contributed by atoms with van der Waals surface area (Å²) in [5, 5.41) is 0. The van der Waals surface area contributed by atoms with E-state index in [2.05, 4.69) is 15.9 Å². The molecule has 1 saturated carbocycles. The molecule has 2 fully saturated rings. The van der Waals surface area contributed by atoms with Crippen molar-refractivity contribution in [1.82, 2.24) is 4.90 Å². The summed E-state index contributed by atoms with van der Waals surface area (Å²) in [5.74, 6) is -0.173. The molecule has 2 aliphatic rings. The first-order valence-corrected chi connectivity index (χ1v) is 7.89. The van der Waals surface area contributed by atoms with Crippen LogP contribution in [0, 0.1) is 5.82 Å². The predicted octanol–water partition coefficient (Wildman–Crippen LogP) is 3.13. The number of carbonyl (C=O) groups excluding carboxylic acids is 1. The number of likely N-dealkylation sites (tertiary alicyclic amines) is 1. The summed E-state index contributed by atoms with van der Waals surface area (Å²) in [6, 6.07) is 4.73. The van der Waals surface area contributed by atoms with Gasteiger partial charge in [-0.15, -0.1) is 0 Å². The zero-order chi connectivity index (χ0) is 14.3. The lowest BCUT2D eigenvalue weighted by Crippen LogP contribution is -2.43. The average Bonchev–Trinajstić information content (AvgIpc) is 3.20. The maximum absolute atomic E-state index is 14.3. The second-order valence-corrected chi connectivity index (χ2v) is 6.61. The summed E-state index contributed by atoms with van der Waals surface area (Å²) in [5.41, 5.74) is 6.81. The molecule has 108 valence electrons. The highest BCUT2D eigenvalue weighted by molar-refractivity contribution is 9.10. The average molecular weight is 341 g/mol. The molecule has 3 nitrogen and oxygen atoms in total. The van der Waals surface area contributed by atoms with Crippen molar-refractivity contribution in [2.75, 3.05) is 0 Å². The van der Waals surface area contributed by atoms with E-state index in [1.54, 1.807) is 6.07 Å². The van der Waals surface area contributed by atoms with Gasteiger partial charge in [-0.05, 0) is 37.8 Å². The van der Waals surface area contributed by atoms with Crippen LogP contribution in [0.3, 0.4) is 0 Å². The Morgan fingerprint density at radius 3 is 2.70 bits per heavy atom. The summed E-state index contributed by atoms with van der Waals surface area (Å²) in [6.45, 7) is 0. The third-order valence-corrected chi connectivity index (χ3v) is 4.64. The quantitative estimate of drug-likeness (QED) is 0.898. The summed E-state index contributed by atoms with van der Waals surface area (Å²) in [6.07, 6.45) is 4.09. The maximum atomic E-state index is 14.3. The SMILES string of the molecule is NC1CCCC(=O)N(C2CC2)C1c1ccc(Br)cc1F. The first kappa shape index (κ1) is 14.0. The number of rotatable bonds is 2. The topological polar surface area (TPSA) is 46.3 Å². The second-order valence-electron chi connectivity index (χ2n) is 5.70. The minimum Gasteiger partial charge on any atom is -0.331 e. The number of hydrogen-bond donors (Lipinski definition) is 1. The molecule has 0 aromatic heterocycles. The lowest BCUT2D eigenvalue weighted by Gasteiger charge is -2.34. The summed E-state index contributed by atoms with van der Waals surface area (Å²) in [7, 11) is 0. The normalized spacial score (nSPS) is 27.6. The van der Waals surface area contributed by atoms with Crippen LogP contribution in [-0.2, 0) is 4.79 Å². The molecule has 0 bridgehead atoms. The van der Waals surface area contributed by atoms with E-state index in [4.69, 9.17) is 5.73 Å². The maximum Gasteiger partial charge on any atom is 0.223 e. The Morgan fingerprint density at radius 1 is 1.30 bits per heavy atom. The summed E-state index contributed by atoms with van der Waals surface area (Å²) < 4.78 is 15.0. The fourth-order valence-corrected chi connectivity index (χ4v) is 3.38. The Morgan fingerprint density at radius 2 is 2.05 bits per heavy atom. The van der Waals surface area contributed by atoms with E-state index in [1.807, 2.05) is 11.0 Å². The van der Waals surface area contributed by atoms with Gasteiger partial charge < -0.3 is 10.6 Å². The molecule has 20 heavy (non-hydrogen) atoms. The van der Waals surface area contributed by atoms with Gasteiger partial charge in [-0.25, -0.2) is 4.39 Å².